The van der Waals surface area contributed by atoms with E-state index >= 15 is 0 Å². The van der Waals surface area contributed by atoms with Crippen LogP contribution >= 0.6 is 0 Å². The van der Waals surface area contributed by atoms with Gasteiger partial charge in [-0.25, -0.2) is 33.7 Å². The van der Waals surface area contributed by atoms with Gasteiger partial charge in [-0.15, -0.1) is 0 Å². The van der Waals surface area contributed by atoms with Crippen LogP contribution in [0.5, 0.6) is 0 Å². The summed E-state index contributed by atoms with van der Waals surface area (Å²) in [6.45, 7) is 13.6. The fourth-order valence-electron chi connectivity index (χ4n) is 12.4. The standard InChI is InChI=1S/2C30H26N2.4CHF3O3S/c2*1-19-20(2)24-14-18-32-16-12-22-8-4-6-10-26(22)30(32)28(24)27-23(19)13-17-31-15-11-21-7-3-5-9-25(21)29(27)31;4*2-1(3,4)8(5,6)7/h2*3-12,15-16H,13-14,17-18H2,1-2H3;4*(H,5,6,7)/q2*+2;;;;/p-4. The molecule has 8 heterocycles. The number of fused-ring (bicyclic) bond motifs is 22. The van der Waals surface area contributed by atoms with Crippen molar-refractivity contribution in [1.82, 2.24) is 0 Å². The molecule has 14 rings (SSSR count). The highest BCUT2D eigenvalue weighted by atomic mass is 32.2. The number of halogens is 12. The van der Waals surface area contributed by atoms with Crippen molar-refractivity contribution in [1.29, 1.82) is 0 Å². The van der Waals surface area contributed by atoms with E-state index in [-0.39, 0.29) is 0 Å². The zero-order valence-corrected chi connectivity index (χ0v) is 53.6. The minimum atomic E-state index is -6.09. The summed E-state index contributed by atoms with van der Waals surface area (Å²) in [4.78, 5) is 0. The van der Waals surface area contributed by atoms with Gasteiger partial charge in [-0.2, -0.15) is 71.0 Å². The first-order valence-electron chi connectivity index (χ1n) is 28.5. The van der Waals surface area contributed by atoms with Crippen LogP contribution in [0.1, 0.15) is 44.5 Å². The van der Waals surface area contributed by atoms with Gasteiger partial charge in [0.1, 0.15) is 0 Å². The third-order valence-corrected chi connectivity index (χ3v) is 19.2. The first kappa shape index (κ1) is 72.0. The van der Waals surface area contributed by atoms with Crippen molar-refractivity contribution in [2.75, 3.05) is 0 Å². The number of alkyl halides is 12. The van der Waals surface area contributed by atoms with Gasteiger partial charge in [0.2, 0.25) is 22.8 Å². The number of hydrogen-bond donors (Lipinski definition) is 0. The highest BCUT2D eigenvalue weighted by molar-refractivity contribution is 7.87. The fourth-order valence-corrected chi connectivity index (χ4v) is 12.4. The maximum atomic E-state index is 10.7. The van der Waals surface area contributed by atoms with Crippen LogP contribution in [0.25, 0.3) is 88.1 Å². The van der Waals surface area contributed by atoms with E-state index in [2.05, 4.69) is 192 Å². The van der Waals surface area contributed by atoms with Crippen molar-refractivity contribution >= 4 is 83.6 Å². The summed E-state index contributed by atoms with van der Waals surface area (Å²) in [5, 5.41) is 10.7. The van der Waals surface area contributed by atoms with Crippen LogP contribution in [0.15, 0.2) is 146 Å². The lowest BCUT2D eigenvalue weighted by Crippen LogP contribution is -2.43. The molecular formula is C64H52F12N4O12S4. The van der Waals surface area contributed by atoms with E-state index < -0.39 is 62.5 Å². The van der Waals surface area contributed by atoms with Gasteiger partial charge in [-0.3, -0.25) is 0 Å². The predicted molar refractivity (Wildman–Crippen MR) is 322 cm³/mol. The second-order valence-electron chi connectivity index (χ2n) is 22.3. The average molecular weight is 1430 g/mol. The molecule has 6 aromatic carbocycles. The molecule has 0 spiro atoms. The maximum Gasteiger partial charge on any atom is 0.485 e. The second kappa shape index (κ2) is 26.3. The smallest absolute Gasteiger partial charge is 0.485 e. The third-order valence-electron chi connectivity index (χ3n) is 16.9. The molecule has 10 aromatic rings. The van der Waals surface area contributed by atoms with Crippen molar-refractivity contribution in [3.8, 4) is 45.0 Å². The molecule has 96 heavy (non-hydrogen) atoms. The SMILES string of the molecule is Cc1c(C)c2c(c3c1CC[n+]1ccc4ccccc4c1-3)-c1c3ccccc3cc[n+]1CC2.Cc1c(C)c2c(c3c1CC[n+]1ccc4ccccc4c1-3)-c1c3ccccc3cc[n+]1CC2.O=S(=O)([O-])C(F)(F)F.O=S(=O)([O-])C(F)(F)F.O=S(=O)([O-])C(F)(F)F.O=S(=O)([O-])C(F)(F)F. The molecule has 0 bridgehead atoms. The van der Waals surface area contributed by atoms with Crippen molar-refractivity contribution < 1.29 is 123 Å². The van der Waals surface area contributed by atoms with Gasteiger partial charge in [0.25, 0.3) is 0 Å². The number of rotatable bonds is 0. The number of hydrogen-bond acceptors (Lipinski definition) is 12. The highest BCUT2D eigenvalue weighted by Crippen LogP contribution is 2.48. The lowest BCUT2D eigenvalue weighted by Gasteiger charge is -2.27. The number of aromatic nitrogens is 4. The van der Waals surface area contributed by atoms with Crippen LogP contribution in [0.2, 0.25) is 0 Å². The Kier molecular flexibility index (Phi) is 19.7. The molecule has 0 fully saturated rings. The summed E-state index contributed by atoms with van der Waals surface area (Å²) < 4.78 is 246. The van der Waals surface area contributed by atoms with Gasteiger partial charge >= 0.3 is 22.0 Å². The van der Waals surface area contributed by atoms with Gasteiger partial charge < -0.3 is 18.2 Å². The van der Waals surface area contributed by atoms with Crippen LogP contribution in [-0.2, 0) is 92.3 Å². The normalized spacial score (nSPS) is 14.0. The Morgan fingerprint density at radius 2 is 0.448 bits per heavy atom. The van der Waals surface area contributed by atoms with Crippen molar-refractivity contribution in [3.05, 3.63) is 191 Å². The molecule has 0 radical (unpaired) electrons. The van der Waals surface area contributed by atoms with Gasteiger partial charge in [0.05, 0.1) is 43.8 Å². The third kappa shape index (κ3) is 14.3. The van der Waals surface area contributed by atoms with Gasteiger partial charge in [0, 0.05) is 49.9 Å². The zero-order chi connectivity index (χ0) is 70.8. The minimum absolute atomic E-state index is 1.04. The lowest BCUT2D eigenvalue weighted by molar-refractivity contribution is -0.688. The summed E-state index contributed by atoms with van der Waals surface area (Å²) >= 11 is 0. The molecule has 0 aliphatic carbocycles. The first-order chi connectivity index (χ1) is 44.4. The van der Waals surface area contributed by atoms with Crippen LogP contribution in [0.4, 0.5) is 52.7 Å². The summed E-state index contributed by atoms with van der Waals surface area (Å²) in [5.41, 5.74) is 0.997. The molecule has 0 unspecified atom stereocenters. The van der Waals surface area contributed by atoms with Gasteiger partial charge in [-0.05, 0) is 118 Å². The van der Waals surface area contributed by atoms with E-state index in [1.54, 1.807) is 22.3 Å². The Balaban J connectivity index is 0.000000157. The summed E-state index contributed by atoms with van der Waals surface area (Å²) in [7, 11) is -24.4. The Morgan fingerprint density at radius 3 is 0.604 bits per heavy atom. The van der Waals surface area contributed by atoms with Crippen molar-refractivity contribution in [2.45, 2.75) is 102 Å². The molecule has 0 atom stereocenters. The lowest BCUT2D eigenvalue weighted by atomic mass is 9.78. The zero-order valence-electron chi connectivity index (χ0n) is 50.4. The maximum absolute atomic E-state index is 10.7. The summed E-state index contributed by atoms with van der Waals surface area (Å²) in [5.74, 6) is 0. The van der Waals surface area contributed by atoms with Gasteiger partial charge in [-0.1, -0.05) is 72.8 Å². The molecule has 4 aromatic heterocycles. The van der Waals surface area contributed by atoms with Gasteiger partial charge in [0.15, 0.2) is 91.4 Å². The summed E-state index contributed by atoms with van der Waals surface area (Å²) in [6, 6.07) is 44.6. The Labute approximate surface area is 541 Å². The fraction of sp³-hybridized carbons (Fsp3) is 0.250. The molecule has 4 aliphatic heterocycles. The Bertz CT molecular complexity index is 4610. The second-order valence-corrected chi connectivity index (χ2v) is 27.8. The minimum Gasteiger partial charge on any atom is -0.741 e. The quantitative estimate of drug-likeness (QED) is 0.0595. The van der Waals surface area contributed by atoms with E-state index in [1.165, 1.54) is 110 Å². The number of pyridine rings is 4. The average Bonchev–Trinajstić information content (AvgIpc) is 0.717. The van der Waals surface area contributed by atoms with Crippen molar-refractivity contribution in [2.24, 2.45) is 0 Å². The highest BCUT2D eigenvalue weighted by Gasteiger charge is 2.42. The number of benzene rings is 6. The number of nitrogens with zero attached hydrogens (tertiary/aromatic N) is 4. The number of aryl methyl sites for hydroxylation is 4. The molecule has 32 heteroatoms. The molecular weight excluding hydrogens is 1370 g/mol. The molecule has 508 valence electrons. The molecule has 4 aliphatic rings. The summed E-state index contributed by atoms with van der Waals surface area (Å²) in [6.07, 6.45) is 13.5. The first-order valence-corrected chi connectivity index (χ1v) is 34.1. The Morgan fingerprint density at radius 1 is 0.292 bits per heavy atom. The molecule has 0 saturated carbocycles. The van der Waals surface area contributed by atoms with Crippen LogP contribution < -0.4 is 18.3 Å². The van der Waals surface area contributed by atoms with E-state index in [1.807, 2.05) is 0 Å². The van der Waals surface area contributed by atoms with E-state index in [9.17, 15) is 52.7 Å². The molecule has 0 amide bonds. The van der Waals surface area contributed by atoms with E-state index in [4.69, 9.17) is 51.9 Å². The molecule has 0 N–H and O–H groups in total. The van der Waals surface area contributed by atoms with Crippen LogP contribution in [0, 0.1) is 27.7 Å². The van der Waals surface area contributed by atoms with Crippen LogP contribution in [-0.4, -0.2) is 73.9 Å². The monoisotopic (exact) mass is 1420 g/mol. The van der Waals surface area contributed by atoms with Crippen LogP contribution in [0.3, 0.4) is 0 Å². The molecule has 0 saturated heterocycles. The topological polar surface area (TPSA) is 244 Å². The molecule has 16 nitrogen and oxygen atoms in total. The van der Waals surface area contributed by atoms with E-state index in [0.29, 0.717) is 0 Å². The van der Waals surface area contributed by atoms with E-state index in [0.717, 1.165) is 51.9 Å². The Hall–Kier alpha value is -8.24. The van der Waals surface area contributed by atoms with Crippen molar-refractivity contribution in [3.63, 3.8) is 0 Å². The largest absolute Gasteiger partial charge is 0.741 e. The predicted octanol–water partition coefficient (Wildman–Crippen LogP) is 11.5.